The normalized spacial score (nSPS) is 14.4. The highest BCUT2D eigenvalue weighted by Gasteiger charge is 2.28. The molecule has 3 heterocycles. The molecule has 164 valence electrons. The van der Waals surface area contributed by atoms with Crippen LogP contribution in [0.25, 0.3) is 11.5 Å². The van der Waals surface area contributed by atoms with Crippen LogP contribution in [0.3, 0.4) is 0 Å². The van der Waals surface area contributed by atoms with E-state index in [4.69, 9.17) is 4.42 Å². The van der Waals surface area contributed by atoms with Crippen molar-refractivity contribution in [2.24, 2.45) is 0 Å². The van der Waals surface area contributed by atoms with Crippen molar-refractivity contribution in [3.05, 3.63) is 59.0 Å². The van der Waals surface area contributed by atoms with Crippen molar-refractivity contribution in [2.45, 2.75) is 31.2 Å². The number of amides is 1. The van der Waals surface area contributed by atoms with Crippen LogP contribution in [0.1, 0.15) is 34.5 Å². The number of H-pyrrole nitrogens is 1. The first-order chi connectivity index (χ1) is 14.8. The highest BCUT2D eigenvalue weighted by molar-refractivity contribution is 7.89. The molecule has 0 radical (unpaired) electrons. The standard InChI is InChI=1S/C20H20F2N4O4S/c1-12-18(31(28,29)24-10-13-4-5-14(21)8-16(13)22)9-17(30-12)19-15(11-23-25-19)20(27)26-6-2-3-7-26/h4-5,8-9,11,24H,2-3,6-7,10H2,1H3,(H,23,25). The molecule has 3 aromatic rings. The fourth-order valence-electron chi connectivity index (χ4n) is 3.50. The van der Waals surface area contributed by atoms with Crippen LogP contribution in [0, 0.1) is 18.6 Å². The van der Waals surface area contributed by atoms with Crippen molar-refractivity contribution in [1.82, 2.24) is 19.8 Å². The second-order valence-electron chi connectivity index (χ2n) is 7.25. The van der Waals surface area contributed by atoms with E-state index in [0.717, 1.165) is 18.9 Å². The van der Waals surface area contributed by atoms with Gasteiger partial charge in [0.25, 0.3) is 5.91 Å². The molecule has 1 aromatic carbocycles. The Balaban J connectivity index is 1.58. The van der Waals surface area contributed by atoms with Gasteiger partial charge in [-0.2, -0.15) is 5.10 Å². The first-order valence-electron chi connectivity index (χ1n) is 9.63. The third-order valence-corrected chi connectivity index (χ3v) is 6.65. The summed E-state index contributed by atoms with van der Waals surface area (Å²) in [6.07, 6.45) is 3.25. The lowest BCUT2D eigenvalue weighted by Crippen LogP contribution is -2.27. The van der Waals surface area contributed by atoms with Gasteiger partial charge in [-0.3, -0.25) is 9.89 Å². The lowest BCUT2D eigenvalue weighted by molar-refractivity contribution is 0.0793. The van der Waals surface area contributed by atoms with E-state index in [1.54, 1.807) is 4.90 Å². The van der Waals surface area contributed by atoms with Crippen molar-refractivity contribution in [1.29, 1.82) is 0 Å². The Morgan fingerprint density at radius 1 is 1.26 bits per heavy atom. The van der Waals surface area contributed by atoms with Gasteiger partial charge in [0.2, 0.25) is 10.0 Å². The van der Waals surface area contributed by atoms with E-state index >= 15 is 0 Å². The third kappa shape index (κ3) is 4.23. The topological polar surface area (TPSA) is 108 Å². The number of halogens is 2. The Morgan fingerprint density at radius 3 is 2.71 bits per heavy atom. The summed E-state index contributed by atoms with van der Waals surface area (Å²) in [6.45, 7) is 2.42. The maximum absolute atomic E-state index is 13.8. The molecule has 1 fully saturated rings. The van der Waals surface area contributed by atoms with Gasteiger partial charge in [-0.25, -0.2) is 21.9 Å². The molecule has 1 amide bonds. The van der Waals surface area contributed by atoms with Gasteiger partial charge in [-0.05, 0) is 25.8 Å². The number of sulfonamides is 1. The zero-order chi connectivity index (χ0) is 22.2. The highest BCUT2D eigenvalue weighted by Crippen LogP contribution is 2.30. The molecule has 11 heteroatoms. The fraction of sp³-hybridized carbons (Fsp3) is 0.300. The molecule has 0 saturated carbocycles. The van der Waals surface area contributed by atoms with Crippen LogP contribution in [0.15, 0.2) is 39.8 Å². The predicted octanol–water partition coefficient (Wildman–Crippen LogP) is 2.97. The average molecular weight is 450 g/mol. The number of aryl methyl sites for hydroxylation is 1. The number of carbonyl (C=O) groups is 1. The van der Waals surface area contributed by atoms with E-state index in [-0.39, 0.29) is 40.1 Å². The molecule has 0 spiro atoms. The summed E-state index contributed by atoms with van der Waals surface area (Å²) in [5, 5.41) is 6.61. The molecule has 0 aliphatic carbocycles. The van der Waals surface area contributed by atoms with E-state index in [1.807, 2.05) is 0 Å². The summed E-state index contributed by atoms with van der Waals surface area (Å²) in [7, 11) is -4.07. The average Bonchev–Trinajstić information content (AvgIpc) is 3.47. The van der Waals surface area contributed by atoms with E-state index in [0.29, 0.717) is 24.7 Å². The first-order valence-corrected chi connectivity index (χ1v) is 11.1. The quantitative estimate of drug-likeness (QED) is 0.600. The second-order valence-corrected chi connectivity index (χ2v) is 8.98. The molecule has 2 aromatic heterocycles. The van der Waals surface area contributed by atoms with Crippen molar-refractivity contribution < 1.29 is 26.4 Å². The Morgan fingerprint density at radius 2 is 2.00 bits per heavy atom. The SMILES string of the molecule is Cc1oc(-c2[nH]ncc2C(=O)N2CCCC2)cc1S(=O)(=O)NCc1ccc(F)cc1F. The van der Waals surface area contributed by atoms with Crippen molar-refractivity contribution in [2.75, 3.05) is 13.1 Å². The molecule has 0 unspecified atom stereocenters. The number of nitrogens with zero attached hydrogens (tertiary/aromatic N) is 2. The van der Waals surface area contributed by atoms with Gasteiger partial charge in [0.15, 0.2) is 5.76 Å². The molecule has 1 saturated heterocycles. The lowest BCUT2D eigenvalue weighted by Gasteiger charge is -2.14. The fourth-order valence-corrected chi connectivity index (χ4v) is 4.68. The van der Waals surface area contributed by atoms with E-state index in [1.165, 1.54) is 25.3 Å². The van der Waals surface area contributed by atoms with Crippen LogP contribution >= 0.6 is 0 Å². The molecule has 0 atom stereocenters. The third-order valence-electron chi connectivity index (χ3n) is 5.14. The summed E-state index contributed by atoms with van der Waals surface area (Å²) >= 11 is 0. The number of aromatic amines is 1. The number of aromatic nitrogens is 2. The molecule has 2 N–H and O–H groups in total. The Hall–Kier alpha value is -3.05. The largest absolute Gasteiger partial charge is 0.458 e. The molecule has 0 bridgehead atoms. The molecule has 31 heavy (non-hydrogen) atoms. The molecular formula is C20H20F2N4O4S. The zero-order valence-electron chi connectivity index (χ0n) is 16.6. The summed E-state index contributed by atoms with van der Waals surface area (Å²) in [4.78, 5) is 14.3. The monoisotopic (exact) mass is 450 g/mol. The van der Waals surface area contributed by atoms with Gasteiger partial charge < -0.3 is 9.32 Å². The first kappa shape index (κ1) is 21.2. The summed E-state index contributed by atoms with van der Waals surface area (Å²) in [6, 6.07) is 4.18. The number of likely N-dealkylation sites (tertiary alicyclic amines) is 1. The number of carbonyl (C=O) groups excluding carboxylic acids is 1. The molecule has 4 rings (SSSR count). The zero-order valence-corrected chi connectivity index (χ0v) is 17.4. The van der Waals surface area contributed by atoms with Gasteiger partial charge in [-0.15, -0.1) is 0 Å². The Labute approximate surface area is 177 Å². The minimum Gasteiger partial charge on any atom is -0.458 e. The van der Waals surface area contributed by atoms with Crippen molar-refractivity contribution >= 4 is 15.9 Å². The van der Waals surface area contributed by atoms with E-state index in [9.17, 15) is 22.0 Å². The van der Waals surface area contributed by atoms with Crippen LogP contribution in [-0.4, -0.2) is 42.5 Å². The van der Waals surface area contributed by atoms with Gasteiger partial charge in [-0.1, -0.05) is 6.07 Å². The summed E-state index contributed by atoms with van der Waals surface area (Å²) < 4.78 is 60.2. The van der Waals surface area contributed by atoms with Crippen LogP contribution in [0.4, 0.5) is 8.78 Å². The summed E-state index contributed by atoms with van der Waals surface area (Å²) in [5.74, 6) is -1.57. The van der Waals surface area contributed by atoms with Crippen LogP contribution in [-0.2, 0) is 16.6 Å². The second kappa shape index (κ2) is 8.23. The number of benzene rings is 1. The minimum atomic E-state index is -4.07. The van der Waals surface area contributed by atoms with Gasteiger partial charge in [0, 0.05) is 37.3 Å². The van der Waals surface area contributed by atoms with Crippen LogP contribution in [0.2, 0.25) is 0 Å². The minimum absolute atomic E-state index is 0.00147. The van der Waals surface area contributed by atoms with Crippen molar-refractivity contribution in [3.8, 4) is 11.5 Å². The predicted molar refractivity (Wildman–Crippen MR) is 107 cm³/mol. The van der Waals surface area contributed by atoms with Gasteiger partial charge >= 0.3 is 0 Å². The maximum Gasteiger partial charge on any atom is 0.257 e. The van der Waals surface area contributed by atoms with E-state index in [2.05, 4.69) is 14.9 Å². The number of hydrogen-bond acceptors (Lipinski definition) is 5. The number of rotatable bonds is 6. The highest BCUT2D eigenvalue weighted by atomic mass is 32.2. The van der Waals surface area contributed by atoms with Gasteiger partial charge in [0.1, 0.15) is 28.0 Å². The maximum atomic E-state index is 13.8. The Bertz CT molecular complexity index is 1230. The lowest BCUT2D eigenvalue weighted by atomic mass is 10.2. The molecule has 1 aliphatic rings. The molecule has 1 aliphatic heterocycles. The van der Waals surface area contributed by atoms with E-state index < -0.39 is 21.7 Å². The Kier molecular flexibility index (Phi) is 5.63. The molecule has 8 nitrogen and oxygen atoms in total. The summed E-state index contributed by atoms with van der Waals surface area (Å²) in [5.41, 5.74) is 0.574. The van der Waals surface area contributed by atoms with Crippen LogP contribution in [0.5, 0.6) is 0 Å². The van der Waals surface area contributed by atoms with Crippen molar-refractivity contribution in [3.63, 3.8) is 0 Å². The smallest absolute Gasteiger partial charge is 0.257 e. The van der Waals surface area contributed by atoms with Crippen LogP contribution < -0.4 is 4.72 Å². The number of hydrogen-bond donors (Lipinski definition) is 2. The number of furan rings is 1. The number of nitrogens with one attached hydrogen (secondary N) is 2. The molecular weight excluding hydrogens is 430 g/mol. The van der Waals surface area contributed by atoms with Gasteiger partial charge in [0.05, 0.1) is 11.8 Å².